The summed E-state index contributed by atoms with van der Waals surface area (Å²) in [6.07, 6.45) is 13.7. The van der Waals surface area contributed by atoms with Crippen LogP contribution in [0.4, 0.5) is 0 Å². The molecule has 0 heterocycles. The van der Waals surface area contributed by atoms with Crippen LogP contribution < -0.4 is 4.74 Å². The van der Waals surface area contributed by atoms with E-state index in [9.17, 15) is 5.26 Å². The summed E-state index contributed by atoms with van der Waals surface area (Å²) in [6, 6.07) is 11.1. The minimum Gasteiger partial charge on any atom is -0.497 e. The molecular formula is C24H37NO. The number of nitrogens with zero attached hydrogens (tertiary/aromatic N) is 1. The Morgan fingerprint density at radius 1 is 1.19 bits per heavy atom. The van der Waals surface area contributed by atoms with Gasteiger partial charge in [0.1, 0.15) is 5.75 Å². The van der Waals surface area contributed by atoms with E-state index in [0.717, 1.165) is 18.6 Å². The summed E-state index contributed by atoms with van der Waals surface area (Å²) in [5.74, 6) is 2.00. The van der Waals surface area contributed by atoms with Crippen molar-refractivity contribution in [1.82, 2.24) is 0 Å². The standard InChI is InChI=1S/C24H37NO/c1-4-6-7-8-9-13-20(5-2)23-16-10-11-17-24(23,19-25)21-14-12-15-22(18-21)26-3/h12,14-15,18,20,23H,4-11,13,16-17H2,1-3H3. The number of unbranched alkanes of at least 4 members (excludes halogenated alkanes) is 4. The van der Waals surface area contributed by atoms with Crippen molar-refractivity contribution in [3.8, 4) is 11.8 Å². The summed E-state index contributed by atoms with van der Waals surface area (Å²) in [7, 11) is 1.71. The summed E-state index contributed by atoms with van der Waals surface area (Å²) in [4.78, 5) is 0. The Bertz CT molecular complexity index is 576. The first-order valence-corrected chi connectivity index (χ1v) is 10.8. The molecule has 0 aliphatic heterocycles. The maximum absolute atomic E-state index is 10.3. The van der Waals surface area contributed by atoms with Crippen molar-refractivity contribution in [2.45, 2.75) is 89.9 Å². The van der Waals surface area contributed by atoms with E-state index in [0.29, 0.717) is 11.8 Å². The molecule has 0 amide bonds. The first-order chi connectivity index (χ1) is 12.7. The molecule has 0 aromatic heterocycles. The molecule has 0 radical (unpaired) electrons. The number of benzene rings is 1. The Balaban J connectivity index is 2.20. The molecule has 0 spiro atoms. The van der Waals surface area contributed by atoms with Crippen molar-refractivity contribution in [2.75, 3.05) is 7.11 Å². The molecule has 26 heavy (non-hydrogen) atoms. The van der Waals surface area contributed by atoms with Gasteiger partial charge in [-0.15, -0.1) is 0 Å². The van der Waals surface area contributed by atoms with Crippen molar-refractivity contribution in [2.24, 2.45) is 11.8 Å². The molecule has 1 aliphatic rings. The van der Waals surface area contributed by atoms with Gasteiger partial charge in [-0.2, -0.15) is 5.26 Å². The van der Waals surface area contributed by atoms with Crippen LogP contribution in [0.2, 0.25) is 0 Å². The fourth-order valence-corrected chi connectivity index (χ4v) is 5.00. The van der Waals surface area contributed by atoms with E-state index in [-0.39, 0.29) is 5.41 Å². The van der Waals surface area contributed by atoms with Gasteiger partial charge in [-0.05, 0) is 42.4 Å². The number of hydrogen-bond acceptors (Lipinski definition) is 2. The number of methoxy groups -OCH3 is 1. The maximum Gasteiger partial charge on any atom is 0.119 e. The first kappa shape index (κ1) is 20.8. The average molecular weight is 356 g/mol. The van der Waals surface area contributed by atoms with Crippen LogP contribution in [0.3, 0.4) is 0 Å². The molecule has 2 heteroatoms. The van der Waals surface area contributed by atoms with Crippen LogP contribution in [-0.4, -0.2) is 7.11 Å². The lowest BCUT2D eigenvalue weighted by Crippen LogP contribution is -2.41. The van der Waals surface area contributed by atoms with Crippen LogP contribution in [0.25, 0.3) is 0 Å². The van der Waals surface area contributed by atoms with Crippen molar-refractivity contribution in [1.29, 1.82) is 5.26 Å². The van der Waals surface area contributed by atoms with Gasteiger partial charge >= 0.3 is 0 Å². The number of ether oxygens (including phenoxy) is 1. The van der Waals surface area contributed by atoms with Crippen LogP contribution in [-0.2, 0) is 5.41 Å². The molecular weight excluding hydrogens is 318 g/mol. The monoisotopic (exact) mass is 355 g/mol. The normalized spacial score (nSPS) is 24.0. The lowest BCUT2D eigenvalue weighted by atomic mass is 9.58. The highest BCUT2D eigenvalue weighted by molar-refractivity contribution is 5.39. The minimum absolute atomic E-state index is 0.336. The highest BCUT2D eigenvalue weighted by atomic mass is 16.5. The topological polar surface area (TPSA) is 33.0 Å². The van der Waals surface area contributed by atoms with Crippen LogP contribution in [0, 0.1) is 23.2 Å². The van der Waals surface area contributed by atoms with E-state index in [1.54, 1.807) is 7.11 Å². The van der Waals surface area contributed by atoms with Crippen molar-refractivity contribution in [3.63, 3.8) is 0 Å². The molecule has 0 N–H and O–H groups in total. The van der Waals surface area contributed by atoms with E-state index in [1.165, 1.54) is 63.4 Å². The summed E-state index contributed by atoms with van der Waals surface area (Å²) < 4.78 is 5.45. The lowest BCUT2D eigenvalue weighted by Gasteiger charge is -2.43. The van der Waals surface area contributed by atoms with E-state index in [2.05, 4.69) is 32.0 Å². The predicted octanol–water partition coefficient (Wildman–Crippen LogP) is 7.03. The van der Waals surface area contributed by atoms with Gasteiger partial charge in [0.2, 0.25) is 0 Å². The lowest BCUT2D eigenvalue weighted by molar-refractivity contribution is 0.148. The molecule has 2 rings (SSSR count). The van der Waals surface area contributed by atoms with Gasteiger partial charge in [-0.3, -0.25) is 0 Å². The summed E-state index contributed by atoms with van der Waals surface area (Å²) in [5.41, 5.74) is 0.838. The summed E-state index contributed by atoms with van der Waals surface area (Å²) in [6.45, 7) is 4.59. The largest absolute Gasteiger partial charge is 0.497 e. The average Bonchev–Trinajstić information content (AvgIpc) is 2.71. The van der Waals surface area contributed by atoms with Crippen LogP contribution >= 0.6 is 0 Å². The zero-order valence-corrected chi connectivity index (χ0v) is 17.1. The van der Waals surface area contributed by atoms with Crippen molar-refractivity contribution >= 4 is 0 Å². The molecule has 0 saturated heterocycles. The third-order valence-electron chi connectivity index (χ3n) is 6.53. The van der Waals surface area contributed by atoms with Gasteiger partial charge in [0.15, 0.2) is 0 Å². The van der Waals surface area contributed by atoms with Gasteiger partial charge in [0, 0.05) is 0 Å². The molecule has 2 nitrogen and oxygen atoms in total. The van der Waals surface area contributed by atoms with Crippen LogP contribution in [0.5, 0.6) is 5.75 Å². The Hall–Kier alpha value is -1.49. The fourth-order valence-electron chi connectivity index (χ4n) is 5.00. The highest BCUT2D eigenvalue weighted by Gasteiger charge is 2.45. The molecule has 3 atom stereocenters. The second-order valence-electron chi connectivity index (χ2n) is 8.04. The van der Waals surface area contributed by atoms with Crippen molar-refractivity contribution < 1.29 is 4.74 Å². The van der Waals surface area contributed by atoms with Crippen LogP contribution in [0.15, 0.2) is 24.3 Å². The quantitative estimate of drug-likeness (QED) is 0.422. The van der Waals surface area contributed by atoms with Gasteiger partial charge in [-0.1, -0.05) is 83.8 Å². The number of nitriles is 1. The molecule has 1 aromatic rings. The molecule has 1 fully saturated rings. The zero-order valence-electron chi connectivity index (χ0n) is 17.1. The number of rotatable bonds is 10. The van der Waals surface area contributed by atoms with E-state index in [1.807, 2.05) is 12.1 Å². The van der Waals surface area contributed by atoms with E-state index in [4.69, 9.17) is 4.74 Å². The number of hydrogen-bond donors (Lipinski definition) is 0. The minimum atomic E-state index is -0.336. The van der Waals surface area contributed by atoms with Gasteiger partial charge in [-0.25, -0.2) is 0 Å². The summed E-state index contributed by atoms with van der Waals surface area (Å²) in [5, 5.41) is 10.3. The van der Waals surface area contributed by atoms with E-state index >= 15 is 0 Å². The molecule has 3 unspecified atom stereocenters. The van der Waals surface area contributed by atoms with E-state index < -0.39 is 0 Å². The third-order valence-corrected chi connectivity index (χ3v) is 6.53. The Labute approximate surface area is 161 Å². The Kier molecular flexibility index (Phi) is 8.49. The molecule has 0 bridgehead atoms. The van der Waals surface area contributed by atoms with Crippen molar-refractivity contribution in [3.05, 3.63) is 29.8 Å². The Morgan fingerprint density at radius 2 is 2.00 bits per heavy atom. The second-order valence-corrected chi connectivity index (χ2v) is 8.04. The predicted molar refractivity (Wildman–Crippen MR) is 109 cm³/mol. The molecule has 144 valence electrons. The SMILES string of the molecule is CCCCCCCC(CC)C1CCCCC1(C#N)c1cccc(OC)c1. The molecule has 1 aliphatic carbocycles. The zero-order chi connectivity index (χ0) is 18.8. The van der Waals surface area contributed by atoms with Gasteiger partial charge in [0.05, 0.1) is 18.6 Å². The Morgan fingerprint density at radius 3 is 2.69 bits per heavy atom. The summed E-state index contributed by atoms with van der Waals surface area (Å²) >= 11 is 0. The molecule has 1 aromatic carbocycles. The van der Waals surface area contributed by atoms with Gasteiger partial charge < -0.3 is 4.74 Å². The smallest absolute Gasteiger partial charge is 0.119 e. The highest BCUT2D eigenvalue weighted by Crippen LogP contribution is 2.49. The van der Waals surface area contributed by atoms with Gasteiger partial charge in [0.25, 0.3) is 0 Å². The van der Waals surface area contributed by atoms with Crippen LogP contribution in [0.1, 0.15) is 90.0 Å². The second kappa shape index (κ2) is 10.6. The third kappa shape index (κ3) is 4.81. The molecule has 1 saturated carbocycles. The first-order valence-electron chi connectivity index (χ1n) is 10.8. The maximum atomic E-state index is 10.3. The fraction of sp³-hybridized carbons (Fsp3) is 0.708.